The molecule has 1 atom stereocenters. The standard InChI is InChI=1S/C37H48N6O3/c1-26-33(27(2)39-25-38-26)36(46)41-22-18-37(3,19-23-41)42-20-16-32(17-21-42)43(24-28-8-5-4-6-9-28)31-14-12-29(13-15-31)34(44)35(45)40-30-10-7-11-30/h4-6,8-9,12-15,25,30,32,34,44H,7,10-11,16-24H2,1-3H3,(H,40,45)/t34-/m0/s1. The van der Waals surface area contributed by atoms with Crippen molar-refractivity contribution in [2.45, 2.75) is 96.0 Å². The van der Waals surface area contributed by atoms with Crippen molar-refractivity contribution >= 4 is 17.5 Å². The molecule has 1 aromatic heterocycles. The zero-order valence-corrected chi connectivity index (χ0v) is 27.5. The van der Waals surface area contributed by atoms with Gasteiger partial charge in [0.2, 0.25) is 0 Å². The average molecular weight is 625 g/mol. The van der Waals surface area contributed by atoms with Crippen LogP contribution < -0.4 is 10.2 Å². The lowest BCUT2D eigenvalue weighted by atomic mass is 9.85. The Kier molecular flexibility index (Phi) is 9.70. The number of carbonyl (C=O) groups excluding carboxylic acids is 2. The molecule has 9 heteroatoms. The van der Waals surface area contributed by atoms with Gasteiger partial charge in [-0.1, -0.05) is 42.5 Å². The van der Waals surface area contributed by atoms with Crippen molar-refractivity contribution < 1.29 is 14.7 Å². The fourth-order valence-corrected chi connectivity index (χ4v) is 7.33. The number of carbonyl (C=O) groups is 2. The molecule has 3 aromatic rings. The minimum atomic E-state index is -1.16. The van der Waals surface area contributed by atoms with Crippen LogP contribution in [0.1, 0.15) is 90.8 Å². The van der Waals surface area contributed by atoms with Gasteiger partial charge in [0.15, 0.2) is 6.10 Å². The number of aliphatic hydroxyl groups is 1. The number of likely N-dealkylation sites (tertiary alicyclic amines) is 2. The van der Waals surface area contributed by atoms with E-state index in [-0.39, 0.29) is 23.4 Å². The lowest BCUT2D eigenvalue weighted by Gasteiger charge is -2.50. The Bertz CT molecular complexity index is 1470. The molecule has 2 aliphatic heterocycles. The Morgan fingerprint density at radius 2 is 1.57 bits per heavy atom. The first-order valence-corrected chi connectivity index (χ1v) is 16.9. The number of piperidine rings is 2. The van der Waals surface area contributed by atoms with E-state index in [0.717, 1.165) is 94.7 Å². The summed E-state index contributed by atoms with van der Waals surface area (Å²) in [6.07, 6.45) is 7.46. The zero-order valence-electron chi connectivity index (χ0n) is 27.5. The minimum absolute atomic E-state index is 0.0467. The topological polar surface area (TPSA) is 102 Å². The van der Waals surface area contributed by atoms with Crippen molar-refractivity contribution in [3.8, 4) is 0 Å². The average Bonchev–Trinajstić information content (AvgIpc) is 3.06. The minimum Gasteiger partial charge on any atom is -0.378 e. The largest absolute Gasteiger partial charge is 0.378 e. The molecule has 2 saturated heterocycles. The number of aliphatic hydroxyl groups excluding tert-OH is 1. The van der Waals surface area contributed by atoms with Crippen molar-refractivity contribution in [3.05, 3.63) is 89.0 Å². The van der Waals surface area contributed by atoms with Crippen LogP contribution in [0, 0.1) is 13.8 Å². The highest BCUT2D eigenvalue weighted by Gasteiger charge is 2.40. The van der Waals surface area contributed by atoms with Crippen LogP contribution in [0.4, 0.5) is 5.69 Å². The summed E-state index contributed by atoms with van der Waals surface area (Å²) < 4.78 is 0. The van der Waals surface area contributed by atoms with Crippen molar-refractivity contribution in [2.24, 2.45) is 0 Å². The lowest BCUT2D eigenvalue weighted by molar-refractivity contribution is -0.130. The molecule has 1 aliphatic carbocycles. The Hall–Kier alpha value is -3.82. The maximum atomic E-state index is 13.4. The van der Waals surface area contributed by atoms with E-state index in [1.165, 1.54) is 11.9 Å². The van der Waals surface area contributed by atoms with Crippen LogP contribution in [-0.4, -0.2) is 80.5 Å². The normalized spacial score (nSPS) is 19.7. The summed E-state index contributed by atoms with van der Waals surface area (Å²) in [6, 6.07) is 19.0. The van der Waals surface area contributed by atoms with E-state index >= 15 is 0 Å². The predicted octanol–water partition coefficient (Wildman–Crippen LogP) is 4.96. The van der Waals surface area contributed by atoms with Crippen LogP contribution in [0.25, 0.3) is 0 Å². The smallest absolute Gasteiger partial charge is 0.257 e. The van der Waals surface area contributed by atoms with Crippen molar-refractivity contribution in [1.82, 2.24) is 25.1 Å². The summed E-state index contributed by atoms with van der Waals surface area (Å²) in [6.45, 7) is 10.4. The molecule has 9 nitrogen and oxygen atoms in total. The summed E-state index contributed by atoms with van der Waals surface area (Å²) in [4.78, 5) is 41.6. The fraction of sp³-hybridized carbons (Fsp3) is 0.514. The highest BCUT2D eigenvalue weighted by Crippen LogP contribution is 2.35. The number of rotatable bonds is 9. The number of benzene rings is 2. The van der Waals surface area contributed by atoms with Crippen molar-refractivity contribution in [3.63, 3.8) is 0 Å². The molecule has 0 unspecified atom stereocenters. The summed E-state index contributed by atoms with van der Waals surface area (Å²) >= 11 is 0. The number of nitrogens with zero attached hydrogens (tertiary/aromatic N) is 5. The third-order valence-corrected chi connectivity index (χ3v) is 10.7. The number of hydrogen-bond donors (Lipinski definition) is 2. The highest BCUT2D eigenvalue weighted by molar-refractivity contribution is 5.96. The number of amides is 2. The first kappa shape index (κ1) is 32.1. The molecule has 2 N–H and O–H groups in total. The first-order chi connectivity index (χ1) is 22.2. The summed E-state index contributed by atoms with van der Waals surface area (Å²) in [5.74, 6) is -0.264. The van der Waals surface area contributed by atoms with Crippen molar-refractivity contribution in [2.75, 3.05) is 31.1 Å². The van der Waals surface area contributed by atoms with Gasteiger partial charge in [0, 0.05) is 56.0 Å². The third-order valence-electron chi connectivity index (χ3n) is 10.7. The van der Waals surface area contributed by atoms with Crippen LogP contribution in [0.5, 0.6) is 0 Å². The van der Waals surface area contributed by atoms with E-state index in [1.807, 2.05) is 36.9 Å². The molecule has 2 amide bonds. The van der Waals surface area contributed by atoms with E-state index in [0.29, 0.717) is 17.2 Å². The lowest BCUT2D eigenvalue weighted by Crippen LogP contribution is -2.58. The summed E-state index contributed by atoms with van der Waals surface area (Å²) in [7, 11) is 0. The number of hydrogen-bond acceptors (Lipinski definition) is 7. The Labute approximate surface area is 273 Å². The Morgan fingerprint density at radius 3 is 2.15 bits per heavy atom. The van der Waals surface area contributed by atoms with E-state index < -0.39 is 6.10 Å². The Morgan fingerprint density at radius 1 is 0.935 bits per heavy atom. The predicted molar refractivity (Wildman–Crippen MR) is 179 cm³/mol. The van der Waals surface area contributed by atoms with E-state index in [2.05, 4.69) is 68.4 Å². The second-order valence-corrected chi connectivity index (χ2v) is 13.7. The van der Waals surface area contributed by atoms with E-state index in [1.54, 1.807) is 0 Å². The molecule has 46 heavy (non-hydrogen) atoms. The molecule has 0 spiro atoms. The molecule has 0 radical (unpaired) electrons. The van der Waals surface area contributed by atoms with Gasteiger partial charge in [-0.15, -0.1) is 0 Å². The van der Waals surface area contributed by atoms with Gasteiger partial charge < -0.3 is 20.2 Å². The molecule has 244 valence electrons. The second kappa shape index (κ2) is 13.9. The molecule has 3 aliphatic rings. The number of aryl methyl sites for hydroxylation is 2. The SMILES string of the molecule is Cc1ncnc(C)c1C(=O)N1CCC(C)(N2CCC(N(Cc3ccccc3)c3ccc([C@H](O)C(=O)NC4CCC4)cc3)CC2)CC1. The van der Waals surface area contributed by atoms with Gasteiger partial charge in [-0.25, -0.2) is 9.97 Å². The maximum absolute atomic E-state index is 13.4. The van der Waals surface area contributed by atoms with Gasteiger partial charge in [-0.2, -0.15) is 0 Å². The molecule has 2 aromatic carbocycles. The monoisotopic (exact) mass is 624 g/mol. The van der Waals surface area contributed by atoms with Gasteiger partial charge in [-0.05, 0) is 89.0 Å². The van der Waals surface area contributed by atoms with Crippen LogP contribution >= 0.6 is 0 Å². The molecule has 3 heterocycles. The van der Waals surface area contributed by atoms with Gasteiger partial charge in [0.05, 0.1) is 17.0 Å². The zero-order chi connectivity index (χ0) is 32.3. The Balaban J connectivity index is 1.10. The number of nitrogens with one attached hydrogen (secondary N) is 1. The highest BCUT2D eigenvalue weighted by atomic mass is 16.3. The third kappa shape index (κ3) is 6.95. The van der Waals surface area contributed by atoms with Gasteiger partial charge in [-0.3, -0.25) is 14.5 Å². The summed E-state index contributed by atoms with van der Waals surface area (Å²) in [5.41, 5.74) is 5.17. The first-order valence-electron chi connectivity index (χ1n) is 16.9. The molecule has 3 fully saturated rings. The fourth-order valence-electron chi connectivity index (χ4n) is 7.33. The van der Waals surface area contributed by atoms with Crippen LogP contribution in [0.2, 0.25) is 0 Å². The molecule has 0 bridgehead atoms. The maximum Gasteiger partial charge on any atom is 0.257 e. The number of aromatic nitrogens is 2. The van der Waals surface area contributed by atoms with E-state index in [4.69, 9.17) is 0 Å². The second-order valence-electron chi connectivity index (χ2n) is 13.7. The summed E-state index contributed by atoms with van der Waals surface area (Å²) in [5, 5.41) is 13.7. The number of anilines is 1. The van der Waals surface area contributed by atoms with Crippen LogP contribution in [0.3, 0.4) is 0 Å². The van der Waals surface area contributed by atoms with Gasteiger partial charge >= 0.3 is 0 Å². The molecule has 1 saturated carbocycles. The van der Waals surface area contributed by atoms with Crippen LogP contribution in [-0.2, 0) is 11.3 Å². The van der Waals surface area contributed by atoms with E-state index in [9.17, 15) is 14.7 Å². The molecular weight excluding hydrogens is 576 g/mol. The van der Waals surface area contributed by atoms with Crippen molar-refractivity contribution in [1.29, 1.82) is 0 Å². The molecule has 6 rings (SSSR count). The van der Waals surface area contributed by atoms with Gasteiger partial charge in [0.1, 0.15) is 6.33 Å². The van der Waals surface area contributed by atoms with Crippen LogP contribution in [0.15, 0.2) is 60.9 Å². The molecular formula is C37H48N6O3. The van der Waals surface area contributed by atoms with Gasteiger partial charge in [0.25, 0.3) is 11.8 Å². The quantitative estimate of drug-likeness (QED) is 0.347.